The Morgan fingerprint density at radius 2 is 2.19 bits per heavy atom. The fourth-order valence-electron chi connectivity index (χ4n) is 2.20. The lowest BCUT2D eigenvalue weighted by Gasteiger charge is -2.24. The minimum atomic E-state index is -0.0998. The van der Waals surface area contributed by atoms with Crippen LogP contribution in [0, 0.1) is 0 Å². The molecule has 3 N–H and O–H groups in total. The number of carbonyl (C=O) groups is 1. The molecule has 0 unspecified atom stereocenters. The molecule has 21 heavy (non-hydrogen) atoms. The number of carbonyl (C=O) groups excluding carboxylic acids is 1. The molecular formula is C15H19Cl2N3O. The lowest BCUT2D eigenvalue weighted by Crippen LogP contribution is -2.31. The van der Waals surface area contributed by atoms with Crippen LogP contribution in [-0.2, 0) is 4.79 Å². The number of amides is 1. The molecule has 6 heteroatoms. The zero-order valence-corrected chi connectivity index (χ0v) is 13.5. The highest BCUT2D eigenvalue weighted by Crippen LogP contribution is 2.32. The van der Waals surface area contributed by atoms with Gasteiger partial charge < -0.3 is 11.1 Å². The highest BCUT2D eigenvalue weighted by Gasteiger charge is 2.13. The summed E-state index contributed by atoms with van der Waals surface area (Å²) in [6, 6.07) is 3.13. The molecule has 0 radical (unpaired) electrons. The molecule has 0 aromatic heterocycles. The minimum Gasteiger partial charge on any atom is -0.397 e. The van der Waals surface area contributed by atoms with E-state index in [1.165, 1.54) is 5.57 Å². The fourth-order valence-corrected chi connectivity index (χ4v) is 2.76. The first kappa shape index (κ1) is 16.1. The zero-order valence-electron chi connectivity index (χ0n) is 12.0. The van der Waals surface area contributed by atoms with Crippen molar-refractivity contribution in [3.05, 3.63) is 33.8 Å². The maximum Gasteiger partial charge on any atom is 0.225 e. The van der Waals surface area contributed by atoms with E-state index < -0.39 is 0 Å². The minimum absolute atomic E-state index is 0.0998. The van der Waals surface area contributed by atoms with Crippen molar-refractivity contribution in [2.24, 2.45) is 0 Å². The molecule has 0 aliphatic carbocycles. The molecule has 0 saturated heterocycles. The van der Waals surface area contributed by atoms with Crippen LogP contribution in [0.5, 0.6) is 0 Å². The monoisotopic (exact) mass is 327 g/mol. The van der Waals surface area contributed by atoms with E-state index in [0.717, 1.165) is 26.1 Å². The van der Waals surface area contributed by atoms with Crippen molar-refractivity contribution in [2.45, 2.75) is 19.8 Å². The Labute approximate surface area is 134 Å². The molecule has 4 nitrogen and oxygen atoms in total. The number of halogens is 2. The van der Waals surface area contributed by atoms with Gasteiger partial charge in [0, 0.05) is 31.1 Å². The van der Waals surface area contributed by atoms with Gasteiger partial charge in [0.2, 0.25) is 5.91 Å². The molecular weight excluding hydrogens is 309 g/mol. The summed E-state index contributed by atoms with van der Waals surface area (Å²) in [5, 5.41) is 3.56. The van der Waals surface area contributed by atoms with Crippen LogP contribution in [0.4, 0.5) is 11.4 Å². The van der Waals surface area contributed by atoms with Gasteiger partial charge in [-0.1, -0.05) is 34.9 Å². The van der Waals surface area contributed by atoms with Crippen molar-refractivity contribution in [3.63, 3.8) is 0 Å². The average molecular weight is 328 g/mol. The summed E-state index contributed by atoms with van der Waals surface area (Å²) >= 11 is 11.9. The molecule has 1 aliphatic rings. The maximum absolute atomic E-state index is 12.0. The number of nitrogen functional groups attached to an aromatic ring is 1. The van der Waals surface area contributed by atoms with Gasteiger partial charge in [-0.15, -0.1) is 0 Å². The van der Waals surface area contributed by atoms with E-state index in [-0.39, 0.29) is 5.91 Å². The summed E-state index contributed by atoms with van der Waals surface area (Å²) in [6.07, 6.45) is 3.68. The summed E-state index contributed by atoms with van der Waals surface area (Å²) in [6.45, 7) is 4.76. The summed E-state index contributed by atoms with van der Waals surface area (Å²) in [7, 11) is 0. The van der Waals surface area contributed by atoms with Crippen molar-refractivity contribution in [1.82, 2.24) is 4.90 Å². The Morgan fingerprint density at radius 1 is 1.43 bits per heavy atom. The summed E-state index contributed by atoms with van der Waals surface area (Å²) in [4.78, 5) is 14.3. The molecule has 2 rings (SSSR count). The van der Waals surface area contributed by atoms with E-state index in [0.29, 0.717) is 27.8 Å². The normalized spacial score (nSPS) is 15.7. The number of nitrogens with two attached hydrogens (primary N) is 1. The predicted molar refractivity (Wildman–Crippen MR) is 88.9 cm³/mol. The first-order valence-electron chi connectivity index (χ1n) is 6.88. The van der Waals surface area contributed by atoms with E-state index in [4.69, 9.17) is 28.9 Å². The van der Waals surface area contributed by atoms with Crippen molar-refractivity contribution >= 4 is 40.5 Å². The molecule has 0 saturated carbocycles. The molecule has 114 valence electrons. The summed E-state index contributed by atoms with van der Waals surface area (Å²) in [5.74, 6) is -0.0998. The lowest BCUT2D eigenvalue weighted by molar-refractivity contribution is -0.116. The molecule has 0 atom stereocenters. The maximum atomic E-state index is 12.0. The number of hydrogen-bond acceptors (Lipinski definition) is 3. The van der Waals surface area contributed by atoms with Crippen LogP contribution in [-0.4, -0.2) is 30.4 Å². The third-order valence-corrected chi connectivity index (χ3v) is 4.04. The number of hydrogen-bond donors (Lipinski definition) is 2. The SMILES string of the molecule is CC1=CCN(CCC(=O)Nc2c(N)cc(Cl)cc2Cl)CC1. The van der Waals surface area contributed by atoms with Crippen molar-refractivity contribution in [1.29, 1.82) is 0 Å². The van der Waals surface area contributed by atoms with Crippen molar-refractivity contribution in [2.75, 3.05) is 30.7 Å². The first-order valence-corrected chi connectivity index (χ1v) is 7.63. The highest BCUT2D eigenvalue weighted by atomic mass is 35.5. The zero-order chi connectivity index (χ0) is 15.4. The molecule has 1 heterocycles. The number of benzene rings is 1. The molecule has 1 amide bonds. The number of nitrogens with zero attached hydrogens (tertiary/aromatic N) is 1. The number of anilines is 2. The van der Waals surface area contributed by atoms with Gasteiger partial charge in [0.1, 0.15) is 0 Å². The largest absolute Gasteiger partial charge is 0.397 e. The van der Waals surface area contributed by atoms with Crippen LogP contribution in [0.2, 0.25) is 10.0 Å². The van der Waals surface area contributed by atoms with E-state index in [2.05, 4.69) is 23.2 Å². The molecule has 0 bridgehead atoms. The van der Waals surface area contributed by atoms with E-state index in [1.807, 2.05) is 0 Å². The molecule has 0 fully saturated rings. The van der Waals surface area contributed by atoms with E-state index in [9.17, 15) is 4.79 Å². The Kier molecular flexibility index (Phi) is 5.51. The van der Waals surface area contributed by atoms with E-state index in [1.54, 1.807) is 12.1 Å². The van der Waals surface area contributed by atoms with Gasteiger partial charge in [-0.25, -0.2) is 0 Å². The molecule has 0 spiro atoms. The summed E-state index contributed by atoms with van der Waals surface area (Å²) < 4.78 is 0. The van der Waals surface area contributed by atoms with E-state index >= 15 is 0 Å². The fraction of sp³-hybridized carbons (Fsp3) is 0.400. The Bertz CT molecular complexity index is 549. The van der Waals surface area contributed by atoms with Gasteiger partial charge in [0.05, 0.1) is 16.4 Å². The number of nitrogens with one attached hydrogen (secondary N) is 1. The van der Waals surface area contributed by atoms with Crippen LogP contribution in [0.1, 0.15) is 19.8 Å². The predicted octanol–water partition coefficient (Wildman–Crippen LogP) is 3.56. The van der Waals surface area contributed by atoms with Crippen molar-refractivity contribution < 1.29 is 4.79 Å². The Hall–Kier alpha value is -1.23. The van der Waals surface area contributed by atoms with Gasteiger partial charge in [-0.05, 0) is 25.5 Å². The lowest BCUT2D eigenvalue weighted by atomic mass is 10.1. The van der Waals surface area contributed by atoms with Gasteiger partial charge in [0.15, 0.2) is 0 Å². The molecule has 1 aromatic rings. The average Bonchev–Trinajstić information content (AvgIpc) is 2.42. The van der Waals surface area contributed by atoms with Crippen molar-refractivity contribution in [3.8, 4) is 0 Å². The van der Waals surface area contributed by atoms with Gasteiger partial charge >= 0.3 is 0 Å². The third-order valence-electron chi connectivity index (χ3n) is 3.53. The third kappa shape index (κ3) is 4.63. The van der Waals surface area contributed by atoms with Crippen LogP contribution in [0.15, 0.2) is 23.8 Å². The van der Waals surface area contributed by atoms with Gasteiger partial charge in [-0.3, -0.25) is 9.69 Å². The molecule has 1 aliphatic heterocycles. The van der Waals surface area contributed by atoms with Crippen LogP contribution < -0.4 is 11.1 Å². The Balaban J connectivity index is 1.88. The van der Waals surface area contributed by atoms with Crippen LogP contribution >= 0.6 is 23.2 Å². The summed E-state index contributed by atoms with van der Waals surface area (Å²) in [5.41, 5.74) is 8.04. The van der Waals surface area contributed by atoms with Crippen LogP contribution in [0.25, 0.3) is 0 Å². The van der Waals surface area contributed by atoms with Crippen LogP contribution in [0.3, 0.4) is 0 Å². The second kappa shape index (κ2) is 7.16. The highest BCUT2D eigenvalue weighted by molar-refractivity contribution is 6.37. The second-order valence-electron chi connectivity index (χ2n) is 5.25. The number of rotatable bonds is 4. The van der Waals surface area contributed by atoms with Gasteiger partial charge in [-0.2, -0.15) is 0 Å². The second-order valence-corrected chi connectivity index (χ2v) is 6.09. The smallest absolute Gasteiger partial charge is 0.225 e. The quantitative estimate of drug-likeness (QED) is 0.656. The standard InChI is InChI=1S/C15H19Cl2N3O/c1-10-2-5-20(6-3-10)7-4-14(21)19-15-12(17)8-11(16)9-13(15)18/h2,8-9H,3-7,18H2,1H3,(H,19,21). The topological polar surface area (TPSA) is 58.4 Å². The Morgan fingerprint density at radius 3 is 2.81 bits per heavy atom. The van der Waals surface area contributed by atoms with Gasteiger partial charge in [0.25, 0.3) is 0 Å². The molecule has 1 aromatic carbocycles. The first-order chi connectivity index (χ1) is 9.95.